The molecule has 0 bridgehead atoms. The summed E-state index contributed by atoms with van der Waals surface area (Å²) in [6, 6.07) is 0. The molecular weight excluding hydrogens is 218 g/mol. The van der Waals surface area contributed by atoms with Crippen molar-refractivity contribution in [1.29, 1.82) is 0 Å². The van der Waals surface area contributed by atoms with Crippen molar-refractivity contribution in [1.82, 2.24) is 4.90 Å². The Labute approximate surface area is 99.3 Å². The lowest BCUT2D eigenvalue weighted by Crippen LogP contribution is -2.30. The number of amides is 1. The van der Waals surface area contributed by atoms with Crippen LogP contribution in [0.2, 0.25) is 0 Å². The average molecular weight is 231 g/mol. The summed E-state index contributed by atoms with van der Waals surface area (Å²) >= 11 is 0. The summed E-state index contributed by atoms with van der Waals surface area (Å²) in [5, 5.41) is 0. The number of carbonyl (C=O) groups is 3. The highest BCUT2D eigenvalue weighted by Crippen LogP contribution is 2.26. The van der Waals surface area contributed by atoms with Crippen molar-refractivity contribution in [2.24, 2.45) is 5.92 Å². The number of nitrogens with zero attached hydrogens (tertiary/aromatic N) is 1. The maximum atomic E-state index is 12.0. The number of hydrogen-bond acceptors (Lipinski definition) is 3. The van der Waals surface area contributed by atoms with Crippen molar-refractivity contribution >= 4 is 17.5 Å². The van der Waals surface area contributed by atoms with Crippen LogP contribution in [0.3, 0.4) is 0 Å². The van der Waals surface area contributed by atoms with Gasteiger partial charge in [-0.2, -0.15) is 0 Å². The summed E-state index contributed by atoms with van der Waals surface area (Å²) in [6.45, 7) is 3.59. The van der Waals surface area contributed by atoms with Crippen molar-refractivity contribution < 1.29 is 14.4 Å². The molecule has 1 unspecified atom stereocenters. The van der Waals surface area contributed by atoms with Crippen LogP contribution in [0.15, 0.2) is 35.6 Å². The van der Waals surface area contributed by atoms with Crippen LogP contribution in [0.1, 0.15) is 13.8 Å². The molecule has 2 rings (SSSR count). The molecule has 1 atom stereocenters. The van der Waals surface area contributed by atoms with E-state index in [1.54, 1.807) is 25.3 Å². The van der Waals surface area contributed by atoms with Gasteiger partial charge in [0.05, 0.1) is 11.1 Å². The average Bonchev–Trinajstić information content (AvgIpc) is 2.58. The first-order chi connectivity index (χ1) is 8.00. The van der Waals surface area contributed by atoms with Crippen LogP contribution in [-0.4, -0.2) is 28.9 Å². The Hall–Kier alpha value is -1.97. The second-order valence-corrected chi connectivity index (χ2v) is 4.32. The predicted octanol–water partition coefficient (Wildman–Crippen LogP) is 1.00. The maximum absolute atomic E-state index is 12.0. The van der Waals surface area contributed by atoms with E-state index in [4.69, 9.17) is 0 Å². The molecule has 88 valence electrons. The molecule has 0 N–H and O–H groups in total. The summed E-state index contributed by atoms with van der Waals surface area (Å²) in [5.41, 5.74) is 0.849. The zero-order valence-corrected chi connectivity index (χ0v) is 9.77. The highest BCUT2D eigenvalue weighted by atomic mass is 16.2. The van der Waals surface area contributed by atoms with Crippen molar-refractivity contribution in [3.05, 3.63) is 35.6 Å². The van der Waals surface area contributed by atoms with E-state index in [9.17, 15) is 14.4 Å². The van der Waals surface area contributed by atoms with Gasteiger partial charge in [-0.1, -0.05) is 13.0 Å². The molecular formula is C13H13NO3. The van der Waals surface area contributed by atoms with E-state index in [1.807, 2.05) is 0 Å². The highest BCUT2D eigenvalue weighted by Gasteiger charge is 2.32. The van der Waals surface area contributed by atoms with Crippen LogP contribution in [0.25, 0.3) is 0 Å². The first-order valence-electron chi connectivity index (χ1n) is 5.47. The molecule has 0 fully saturated rings. The minimum absolute atomic E-state index is 0.0319. The topological polar surface area (TPSA) is 54.5 Å². The van der Waals surface area contributed by atoms with Gasteiger partial charge in [0.2, 0.25) is 0 Å². The summed E-state index contributed by atoms with van der Waals surface area (Å²) in [7, 11) is 0. The maximum Gasteiger partial charge on any atom is 0.258 e. The van der Waals surface area contributed by atoms with Gasteiger partial charge >= 0.3 is 0 Å². The van der Waals surface area contributed by atoms with E-state index in [2.05, 4.69) is 0 Å². The molecule has 1 aliphatic carbocycles. The second-order valence-electron chi connectivity index (χ2n) is 4.32. The quantitative estimate of drug-likeness (QED) is 0.728. The Morgan fingerprint density at radius 2 is 2.06 bits per heavy atom. The van der Waals surface area contributed by atoms with Gasteiger partial charge in [0.25, 0.3) is 5.91 Å². The van der Waals surface area contributed by atoms with Gasteiger partial charge in [-0.3, -0.25) is 14.4 Å². The van der Waals surface area contributed by atoms with E-state index in [0.29, 0.717) is 17.7 Å². The van der Waals surface area contributed by atoms with E-state index >= 15 is 0 Å². The Morgan fingerprint density at radius 1 is 1.35 bits per heavy atom. The molecule has 0 saturated carbocycles. The van der Waals surface area contributed by atoms with Crippen molar-refractivity contribution in [3.8, 4) is 0 Å². The van der Waals surface area contributed by atoms with E-state index < -0.39 is 0 Å². The fourth-order valence-corrected chi connectivity index (χ4v) is 1.79. The molecule has 0 radical (unpaired) electrons. The number of hydrogen-bond donors (Lipinski definition) is 0. The molecule has 1 amide bonds. The van der Waals surface area contributed by atoms with Gasteiger partial charge < -0.3 is 4.90 Å². The zero-order valence-electron chi connectivity index (χ0n) is 9.77. The first-order valence-corrected chi connectivity index (χ1v) is 5.47. The summed E-state index contributed by atoms with van der Waals surface area (Å²) in [6.07, 6.45) is 6.18. The normalized spacial score (nSPS) is 20.0. The SMILES string of the molecule is CC(=O)C(C)CN1C=C2C(=O)C=CC=C2C1=O. The fourth-order valence-electron chi connectivity index (χ4n) is 1.79. The lowest BCUT2D eigenvalue weighted by Gasteiger charge is -2.16. The molecule has 0 aromatic rings. The van der Waals surface area contributed by atoms with Crippen LogP contribution in [0.4, 0.5) is 0 Å². The molecule has 2 aliphatic rings. The standard InChI is InChI=1S/C13H13NO3/c1-8(9(2)15)6-14-7-11-10(13(14)17)4-3-5-12(11)16/h3-5,7-8H,6H2,1-2H3. The molecule has 0 aromatic heterocycles. The van der Waals surface area contributed by atoms with Crippen molar-refractivity contribution in [3.63, 3.8) is 0 Å². The number of allylic oxidation sites excluding steroid dienone is 3. The number of fused-ring (bicyclic) bond motifs is 1. The van der Waals surface area contributed by atoms with Crippen LogP contribution < -0.4 is 0 Å². The van der Waals surface area contributed by atoms with Crippen LogP contribution in [0, 0.1) is 5.92 Å². The Bertz CT molecular complexity index is 497. The Kier molecular flexibility index (Phi) is 2.79. The van der Waals surface area contributed by atoms with Gasteiger partial charge in [-0.05, 0) is 19.1 Å². The molecule has 0 saturated heterocycles. The second kappa shape index (κ2) is 4.13. The van der Waals surface area contributed by atoms with Crippen LogP contribution in [0.5, 0.6) is 0 Å². The molecule has 1 aliphatic heterocycles. The van der Waals surface area contributed by atoms with E-state index in [0.717, 1.165) is 0 Å². The third kappa shape index (κ3) is 1.98. The van der Waals surface area contributed by atoms with Gasteiger partial charge in [-0.15, -0.1) is 0 Å². The molecule has 4 heteroatoms. The van der Waals surface area contributed by atoms with Gasteiger partial charge in [0, 0.05) is 18.7 Å². The molecule has 4 nitrogen and oxygen atoms in total. The molecule has 1 heterocycles. The van der Waals surface area contributed by atoms with E-state index in [1.165, 1.54) is 17.9 Å². The Morgan fingerprint density at radius 3 is 2.65 bits per heavy atom. The number of rotatable bonds is 3. The van der Waals surface area contributed by atoms with Gasteiger partial charge in [0.1, 0.15) is 5.78 Å². The van der Waals surface area contributed by atoms with E-state index in [-0.39, 0.29) is 23.4 Å². The highest BCUT2D eigenvalue weighted by molar-refractivity contribution is 6.20. The van der Waals surface area contributed by atoms with Crippen LogP contribution in [-0.2, 0) is 14.4 Å². The van der Waals surface area contributed by atoms with Gasteiger partial charge in [0.15, 0.2) is 5.78 Å². The predicted molar refractivity (Wildman–Crippen MR) is 61.9 cm³/mol. The first kappa shape index (κ1) is 11.5. The smallest absolute Gasteiger partial charge is 0.258 e. The monoisotopic (exact) mass is 231 g/mol. The zero-order chi connectivity index (χ0) is 12.6. The molecule has 17 heavy (non-hydrogen) atoms. The minimum atomic E-state index is -0.223. The summed E-state index contributed by atoms with van der Waals surface area (Å²) < 4.78 is 0. The van der Waals surface area contributed by atoms with Crippen molar-refractivity contribution in [2.45, 2.75) is 13.8 Å². The molecule has 0 aromatic carbocycles. The third-order valence-electron chi connectivity index (χ3n) is 3.01. The third-order valence-corrected chi connectivity index (χ3v) is 3.01. The fraction of sp³-hybridized carbons (Fsp3) is 0.308. The largest absolute Gasteiger partial charge is 0.314 e. The number of ketones is 2. The summed E-state index contributed by atoms with van der Waals surface area (Å²) in [5.74, 6) is -0.552. The van der Waals surface area contributed by atoms with Crippen LogP contribution >= 0.6 is 0 Å². The minimum Gasteiger partial charge on any atom is -0.314 e. The number of carbonyl (C=O) groups excluding carboxylic acids is 3. The Balaban J connectivity index is 2.22. The van der Waals surface area contributed by atoms with Gasteiger partial charge in [-0.25, -0.2) is 0 Å². The lowest BCUT2D eigenvalue weighted by molar-refractivity contribution is -0.126. The van der Waals surface area contributed by atoms with Crippen molar-refractivity contribution in [2.75, 3.05) is 6.54 Å². The summed E-state index contributed by atoms with van der Waals surface area (Å²) in [4.78, 5) is 36.1. The number of Topliss-reactive ketones (excluding diaryl/α,β-unsaturated/α-hetero) is 1. The lowest BCUT2D eigenvalue weighted by atomic mass is 10.00. The molecule has 0 spiro atoms.